The van der Waals surface area contributed by atoms with Crippen LogP contribution in [-0.2, 0) is 27.2 Å². The number of thiazole rings is 1. The Morgan fingerprint density at radius 3 is 2.71 bits per heavy atom. The van der Waals surface area contributed by atoms with Crippen LogP contribution in [0.3, 0.4) is 0 Å². The Kier molecular flexibility index (Phi) is 8.47. The first kappa shape index (κ1) is 24.8. The molecule has 1 aromatic heterocycles. The Hall–Kier alpha value is -1.84. The number of hydrogen-bond acceptors (Lipinski definition) is 7. The van der Waals surface area contributed by atoms with E-state index in [0.29, 0.717) is 38.6 Å². The van der Waals surface area contributed by atoms with Crippen molar-refractivity contribution in [1.82, 2.24) is 14.8 Å². The lowest BCUT2D eigenvalue weighted by Crippen LogP contribution is -2.55. The Morgan fingerprint density at radius 1 is 1.11 bits per heavy atom. The standard InChI is InChI=1S/C27H37N3O4S/c31-22-16-30(17-26-28-10-13-35-26)24-7-6-23(34-25(24)19-33-18-22)15-27(32)29-11-8-21(9-12-29)14-20-4-2-1-3-5-20/h1-5,10,13,21-25,31H,6-9,11-12,14-19H2/t22-,23+,24-,25+/m1/s1. The molecule has 0 aliphatic carbocycles. The van der Waals surface area contributed by atoms with Crippen molar-refractivity contribution in [1.29, 1.82) is 0 Å². The highest BCUT2D eigenvalue weighted by Crippen LogP contribution is 2.30. The maximum atomic E-state index is 13.1. The number of rotatable bonds is 6. The van der Waals surface area contributed by atoms with Gasteiger partial charge in [0.15, 0.2) is 0 Å². The lowest BCUT2D eigenvalue weighted by atomic mass is 9.89. The number of piperidine rings is 1. The van der Waals surface area contributed by atoms with Gasteiger partial charge in [0, 0.05) is 37.3 Å². The maximum absolute atomic E-state index is 13.1. The third-order valence-corrected chi connectivity index (χ3v) is 8.41. The molecule has 7 nitrogen and oxygen atoms in total. The van der Waals surface area contributed by atoms with Crippen LogP contribution in [0.2, 0.25) is 0 Å². The third kappa shape index (κ3) is 6.68. The van der Waals surface area contributed by atoms with Crippen molar-refractivity contribution >= 4 is 17.2 Å². The molecule has 35 heavy (non-hydrogen) atoms. The average Bonchev–Trinajstić information content (AvgIpc) is 3.37. The molecule has 5 rings (SSSR count). The fourth-order valence-electron chi connectivity index (χ4n) is 5.79. The number of fused-ring (bicyclic) bond motifs is 1. The highest BCUT2D eigenvalue weighted by atomic mass is 32.1. The topological polar surface area (TPSA) is 75.1 Å². The van der Waals surface area contributed by atoms with E-state index in [1.807, 2.05) is 16.5 Å². The van der Waals surface area contributed by atoms with E-state index in [9.17, 15) is 9.90 Å². The summed E-state index contributed by atoms with van der Waals surface area (Å²) in [6, 6.07) is 10.8. The molecule has 190 valence electrons. The van der Waals surface area contributed by atoms with Crippen LogP contribution >= 0.6 is 11.3 Å². The second-order valence-corrected chi connectivity index (χ2v) is 11.2. The van der Waals surface area contributed by atoms with E-state index in [0.717, 1.165) is 50.2 Å². The lowest BCUT2D eigenvalue weighted by Gasteiger charge is -2.44. The van der Waals surface area contributed by atoms with Gasteiger partial charge < -0.3 is 19.5 Å². The molecule has 3 aliphatic rings. The van der Waals surface area contributed by atoms with E-state index < -0.39 is 6.10 Å². The summed E-state index contributed by atoms with van der Waals surface area (Å²) in [5, 5.41) is 13.4. The smallest absolute Gasteiger partial charge is 0.225 e. The van der Waals surface area contributed by atoms with Crippen LogP contribution in [-0.4, -0.2) is 83.0 Å². The molecule has 0 bridgehead atoms. The van der Waals surface area contributed by atoms with Gasteiger partial charge in [0.1, 0.15) is 5.01 Å². The zero-order chi connectivity index (χ0) is 24.0. The summed E-state index contributed by atoms with van der Waals surface area (Å²) in [7, 11) is 0. The summed E-state index contributed by atoms with van der Waals surface area (Å²) < 4.78 is 12.2. The monoisotopic (exact) mass is 499 g/mol. The molecule has 2 aromatic rings. The number of aliphatic hydroxyl groups is 1. The molecule has 3 fully saturated rings. The molecule has 0 radical (unpaired) electrons. The van der Waals surface area contributed by atoms with Gasteiger partial charge in [0.05, 0.1) is 44.5 Å². The number of carbonyl (C=O) groups is 1. The SMILES string of the molecule is O=C(C[C@@H]1CC[C@@H]2[C@H](COC[C@H](O)CN2Cc2nccs2)O1)N1CCC(Cc2ccccc2)CC1. The van der Waals surface area contributed by atoms with Crippen LogP contribution in [0.4, 0.5) is 0 Å². The summed E-state index contributed by atoms with van der Waals surface area (Å²) in [4.78, 5) is 21.9. The van der Waals surface area contributed by atoms with Gasteiger partial charge >= 0.3 is 0 Å². The van der Waals surface area contributed by atoms with Gasteiger partial charge in [-0.15, -0.1) is 11.3 Å². The number of ether oxygens (including phenoxy) is 2. The van der Waals surface area contributed by atoms with Gasteiger partial charge in [-0.05, 0) is 43.6 Å². The molecule has 8 heteroatoms. The number of benzene rings is 1. The van der Waals surface area contributed by atoms with Crippen molar-refractivity contribution in [2.24, 2.45) is 5.92 Å². The molecule has 4 atom stereocenters. The maximum Gasteiger partial charge on any atom is 0.225 e. The summed E-state index contributed by atoms with van der Waals surface area (Å²) in [5.41, 5.74) is 1.39. The van der Waals surface area contributed by atoms with Crippen LogP contribution in [0.1, 0.15) is 42.7 Å². The van der Waals surface area contributed by atoms with E-state index >= 15 is 0 Å². The average molecular weight is 500 g/mol. The predicted octanol–water partition coefficient (Wildman–Crippen LogP) is 3.12. The Bertz CT molecular complexity index is 920. The van der Waals surface area contributed by atoms with Crippen molar-refractivity contribution in [2.75, 3.05) is 32.8 Å². The first-order chi connectivity index (χ1) is 17.1. The van der Waals surface area contributed by atoms with E-state index in [1.165, 1.54) is 5.56 Å². The van der Waals surface area contributed by atoms with Crippen molar-refractivity contribution < 1.29 is 19.4 Å². The third-order valence-electron chi connectivity index (χ3n) is 7.65. The summed E-state index contributed by atoms with van der Waals surface area (Å²) >= 11 is 1.64. The quantitative estimate of drug-likeness (QED) is 0.658. The van der Waals surface area contributed by atoms with E-state index in [2.05, 4.69) is 40.2 Å². The van der Waals surface area contributed by atoms with Gasteiger partial charge in [-0.2, -0.15) is 0 Å². The van der Waals surface area contributed by atoms with Gasteiger partial charge in [-0.25, -0.2) is 4.98 Å². The van der Waals surface area contributed by atoms with Crippen molar-refractivity contribution in [2.45, 2.75) is 69.4 Å². The molecule has 1 amide bonds. The molecule has 3 saturated heterocycles. The number of carbonyl (C=O) groups excluding carboxylic acids is 1. The molecular formula is C27H37N3O4S. The summed E-state index contributed by atoms with van der Waals surface area (Å²) in [6.07, 6.45) is 6.62. The molecule has 0 unspecified atom stereocenters. The van der Waals surface area contributed by atoms with Gasteiger partial charge in [0.2, 0.25) is 5.91 Å². The highest BCUT2D eigenvalue weighted by Gasteiger charge is 2.38. The molecular weight excluding hydrogens is 462 g/mol. The number of β-amino-alcohol motifs (C(OH)–C–C–N with tert-alkyl or cyclic N) is 1. The molecule has 1 N–H and O–H groups in total. The van der Waals surface area contributed by atoms with Crippen LogP contribution in [0.25, 0.3) is 0 Å². The fraction of sp³-hybridized carbons (Fsp3) is 0.630. The second kappa shape index (κ2) is 11.9. The lowest BCUT2D eigenvalue weighted by molar-refractivity contribution is -0.161. The van der Waals surface area contributed by atoms with Gasteiger partial charge in [0.25, 0.3) is 0 Å². The number of hydrogen-bond donors (Lipinski definition) is 1. The highest BCUT2D eigenvalue weighted by molar-refractivity contribution is 7.09. The number of amides is 1. The fourth-order valence-corrected chi connectivity index (χ4v) is 6.43. The predicted molar refractivity (Wildman–Crippen MR) is 135 cm³/mol. The number of aromatic nitrogens is 1. The van der Waals surface area contributed by atoms with Crippen LogP contribution in [0.15, 0.2) is 41.9 Å². The first-order valence-electron chi connectivity index (χ1n) is 13.0. The number of nitrogens with zero attached hydrogens (tertiary/aromatic N) is 3. The van der Waals surface area contributed by atoms with Gasteiger partial charge in [-0.1, -0.05) is 30.3 Å². The minimum Gasteiger partial charge on any atom is -0.389 e. The minimum atomic E-state index is -0.514. The van der Waals surface area contributed by atoms with Crippen molar-refractivity contribution in [3.8, 4) is 0 Å². The van der Waals surface area contributed by atoms with Crippen molar-refractivity contribution in [3.63, 3.8) is 0 Å². The van der Waals surface area contributed by atoms with E-state index in [1.54, 1.807) is 11.3 Å². The molecule has 3 aliphatic heterocycles. The number of aliphatic hydroxyl groups excluding tert-OH is 1. The van der Waals surface area contributed by atoms with Crippen LogP contribution in [0, 0.1) is 5.92 Å². The first-order valence-corrected chi connectivity index (χ1v) is 13.9. The minimum absolute atomic E-state index is 0.0690. The zero-order valence-corrected chi connectivity index (χ0v) is 21.2. The molecule has 4 heterocycles. The van der Waals surface area contributed by atoms with E-state index in [4.69, 9.17) is 9.47 Å². The Morgan fingerprint density at radius 2 is 1.94 bits per heavy atom. The van der Waals surface area contributed by atoms with Crippen LogP contribution in [0.5, 0.6) is 0 Å². The molecule has 1 aromatic carbocycles. The normalized spacial score (nSPS) is 28.8. The summed E-state index contributed by atoms with van der Waals surface area (Å²) in [6.45, 7) is 3.70. The number of likely N-dealkylation sites (tertiary alicyclic amines) is 1. The van der Waals surface area contributed by atoms with Gasteiger partial charge in [-0.3, -0.25) is 9.69 Å². The Balaban J connectivity index is 1.12. The van der Waals surface area contributed by atoms with Crippen LogP contribution < -0.4 is 0 Å². The summed E-state index contributed by atoms with van der Waals surface area (Å²) in [5.74, 6) is 0.868. The molecule has 0 spiro atoms. The molecule has 0 saturated carbocycles. The Labute approximate surface area is 212 Å². The zero-order valence-electron chi connectivity index (χ0n) is 20.3. The second-order valence-electron chi connectivity index (χ2n) is 10.2. The van der Waals surface area contributed by atoms with E-state index in [-0.39, 0.29) is 24.2 Å². The largest absolute Gasteiger partial charge is 0.389 e. The van der Waals surface area contributed by atoms with Crippen molar-refractivity contribution in [3.05, 3.63) is 52.5 Å².